The summed E-state index contributed by atoms with van der Waals surface area (Å²) in [5.41, 5.74) is 4.67. The number of nitrogens with two attached hydrogens (primary N) is 1. The average molecular weight is 204 g/mol. The minimum atomic E-state index is -0.730. The average Bonchev–Trinajstić information content (AvgIpc) is 2.04. The summed E-state index contributed by atoms with van der Waals surface area (Å²) in [6.07, 6.45) is 2.22. The molecule has 1 aromatic heterocycles. The minimum absolute atomic E-state index is 0. The van der Waals surface area contributed by atoms with Crippen molar-refractivity contribution in [3.8, 4) is 0 Å². The fourth-order valence-electron chi connectivity index (χ4n) is 0.662. The summed E-state index contributed by atoms with van der Waals surface area (Å²) in [7, 11) is 0. The third-order valence-corrected chi connectivity index (χ3v) is 1.22. The van der Waals surface area contributed by atoms with Gasteiger partial charge in [-0.1, -0.05) is 0 Å². The van der Waals surface area contributed by atoms with Gasteiger partial charge in [-0.15, -0.1) is 12.4 Å². The molecule has 0 atom stereocenters. The Bertz CT molecular complexity index is 312. The summed E-state index contributed by atoms with van der Waals surface area (Å²) in [5.74, 6) is -0.730. The number of aromatic nitrogens is 1. The van der Waals surface area contributed by atoms with Gasteiger partial charge in [-0.3, -0.25) is 19.9 Å². The Balaban J connectivity index is 0.00000144. The summed E-state index contributed by atoms with van der Waals surface area (Å²) in [4.78, 5) is 23.6. The van der Waals surface area contributed by atoms with Crippen LogP contribution < -0.4 is 5.73 Å². The highest BCUT2D eigenvalue weighted by atomic mass is 35.5. The second-order valence-electron chi connectivity index (χ2n) is 2.05. The fraction of sp³-hybridized carbons (Fsp3) is 0. The second-order valence-corrected chi connectivity index (χ2v) is 2.05. The minimum Gasteiger partial charge on any atom is -0.366 e. The summed E-state index contributed by atoms with van der Waals surface area (Å²) in [6, 6.07) is 1.08. The zero-order valence-corrected chi connectivity index (χ0v) is 7.15. The largest absolute Gasteiger partial charge is 0.366 e. The summed E-state index contributed by atoms with van der Waals surface area (Å²) in [5, 5.41) is 10.2. The summed E-state index contributed by atoms with van der Waals surface area (Å²) in [6.45, 7) is 0. The van der Waals surface area contributed by atoms with Crippen LogP contribution >= 0.6 is 12.4 Å². The van der Waals surface area contributed by atoms with Gasteiger partial charge in [-0.05, 0) is 0 Å². The Morgan fingerprint density at radius 3 is 2.62 bits per heavy atom. The van der Waals surface area contributed by atoms with Crippen molar-refractivity contribution in [2.24, 2.45) is 5.73 Å². The molecule has 1 aromatic rings. The number of pyridine rings is 1. The molecule has 0 radical (unpaired) electrons. The number of rotatable bonds is 2. The van der Waals surface area contributed by atoms with Gasteiger partial charge in [0.15, 0.2) is 0 Å². The number of hydrogen-bond donors (Lipinski definition) is 1. The number of nitrogens with zero attached hydrogens (tertiary/aromatic N) is 2. The summed E-state index contributed by atoms with van der Waals surface area (Å²) < 4.78 is 0. The first-order valence-electron chi connectivity index (χ1n) is 3.00. The van der Waals surface area contributed by atoms with Crippen LogP contribution in [-0.4, -0.2) is 15.8 Å². The van der Waals surface area contributed by atoms with E-state index in [-0.39, 0.29) is 23.7 Å². The van der Waals surface area contributed by atoms with Crippen LogP contribution in [-0.2, 0) is 0 Å². The van der Waals surface area contributed by atoms with E-state index in [2.05, 4.69) is 4.98 Å². The molecule has 0 saturated heterocycles. The van der Waals surface area contributed by atoms with Crippen LogP contribution in [0.5, 0.6) is 0 Å². The van der Waals surface area contributed by atoms with E-state index in [0.29, 0.717) is 0 Å². The first-order chi connectivity index (χ1) is 5.61. The quantitative estimate of drug-likeness (QED) is 0.559. The molecule has 0 spiro atoms. The molecule has 0 aromatic carbocycles. The van der Waals surface area contributed by atoms with Crippen LogP contribution in [0.2, 0.25) is 0 Å². The van der Waals surface area contributed by atoms with E-state index < -0.39 is 10.8 Å². The predicted molar refractivity (Wildman–Crippen MR) is 46.7 cm³/mol. The van der Waals surface area contributed by atoms with Crippen LogP contribution in [0.1, 0.15) is 10.4 Å². The van der Waals surface area contributed by atoms with Gasteiger partial charge in [0.25, 0.3) is 11.6 Å². The zero-order valence-electron chi connectivity index (χ0n) is 6.34. The molecule has 1 rings (SSSR count). The van der Waals surface area contributed by atoms with E-state index in [1.54, 1.807) is 0 Å². The Kier molecular flexibility index (Phi) is 3.80. The van der Waals surface area contributed by atoms with Gasteiger partial charge < -0.3 is 5.73 Å². The van der Waals surface area contributed by atoms with Gasteiger partial charge >= 0.3 is 0 Å². The lowest BCUT2D eigenvalue weighted by Crippen LogP contribution is -2.11. The second kappa shape index (κ2) is 4.36. The van der Waals surface area contributed by atoms with E-state index in [9.17, 15) is 14.9 Å². The van der Waals surface area contributed by atoms with Gasteiger partial charge in [-0.2, -0.15) is 0 Å². The van der Waals surface area contributed by atoms with Crippen LogP contribution in [0, 0.1) is 10.1 Å². The molecule has 0 bridgehead atoms. The Morgan fingerprint density at radius 2 is 2.15 bits per heavy atom. The lowest BCUT2D eigenvalue weighted by Gasteiger charge is -1.93. The molecule has 1 heterocycles. The highest BCUT2D eigenvalue weighted by molar-refractivity contribution is 5.92. The molecule has 1 amide bonds. The van der Waals surface area contributed by atoms with Crippen molar-refractivity contribution in [2.45, 2.75) is 0 Å². The van der Waals surface area contributed by atoms with Crippen LogP contribution in [0.25, 0.3) is 0 Å². The Morgan fingerprint density at radius 1 is 1.54 bits per heavy atom. The first-order valence-corrected chi connectivity index (χ1v) is 3.00. The molecule has 0 unspecified atom stereocenters. The highest BCUT2D eigenvalue weighted by Gasteiger charge is 2.08. The molecule has 70 valence electrons. The lowest BCUT2D eigenvalue weighted by molar-refractivity contribution is -0.385. The number of nitro groups is 1. The van der Waals surface area contributed by atoms with Crippen molar-refractivity contribution >= 4 is 24.0 Å². The van der Waals surface area contributed by atoms with E-state index in [1.165, 1.54) is 6.20 Å². The molecular weight excluding hydrogens is 198 g/mol. The molecule has 7 heteroatoms. The number of carbonyl (C=O) groups excluding carboxylic acids is 1. The van der Waals surface area contributed by atoms with Gasteiger partial charge in [0.1, 0.15) is 6.20 Å². The molecule has 0 saturated carbocycles. The normalized spacial score (nSPS) is 8.62. The molecular formula is C6H6ClN3O3. The number of hydrogen-bond acceptors (Lipinski definition) is 4. The van der Waals surface area contributed by atoms with E-state index in [0.717, 1.165) is 12.3 Å². The molecule has 0 fully saturated rings. The van der Waals surface area contributed by atoms with E-state index in [1.807, 2.05) is 0 Å². The molecule has 13 heavy (non-hydrogen) atoms. The van der Waals surface area contributed by atoms with Crippen LogP contribution in [0.4, 0.5) is 5.69 Å². The maximum Gasteiger partial charge on any atom is 0.288 e. The van der Waals surface area contributed by atoms with Gasteiger partial charge in [0.2, 0.25) is 0 Å². The number of carbonyl (C=O) groups is 1. The maximum atomic E-state index is 10.5. The molecule has 2 N–H and O–H groups in total. The van der Waals surface area contributed by atoms with Crippen LogP contribution in [0.15, 0.2) is 18.5 Å². The van der Waals surface area contributed by atoms with E-state index in [4.69, 9.17) is 5.73 Å². The predicted octanol–water partition coefficient (Wildman–Crippen LogP) is 0.511. The van der Waals surface area contributed by atoms with Gasteiger partial charge in [0.05, 0.1) is 10.5 Å². The topological polar surface area (TPSA) is 99.1 Å². The van der Waals surface area contributed by atoms with E-state index >= 15 is 0 Å². The smallest absolute Gasteiger partial charge is 0.288 e. The Labute approximate surface area is 79.3 Å². The van der Waals surface area contributed by atoms with Crippen molar-refractivity contribution in [1.29, 1.82) is 0 Å². The number of amides is 1. The molecule has 0 aliphatic rings. The van der Waals surface area contributed by atoms with Gasteiger partial charge in [-0.25, -0.2) is 0 Å². The highest BCUT2D eigenvalue weighted by Crippen LogP contribution is 2.09. The Hall–Kier alpha value is -1.69. The van der Waals surface area contributed by atoms with Crippen molar-refractivity contribution in [1.82, 2.24) is 4.98 Å². The molecule has 0 aliphatic heterocycles. The van der Waals surface area contributed by atoms with Crippen LogP contribution in [0.3, 0.4) is 0 Å². The third kappa shape index (κ3) is 2.68. The van der Waals surface area contributed by atoms with Crippen molar-refractivity contribution in [3.05, 3.63) is 34.1 Å². The number of halogens is 1. The standard InChI is InChI=1S/C6H5N3O3.ClH/c7-6(10)4-1-5(9(11)12)3-8-2-4;/h1-3H,(H2,7,10);1H. The SMILES string of the molecule is Cl.NC(=O)c1cncc([N+](=O)[O-])c1. The third-order valence-electron chi connectivity index (χ3n) is 1.22. The zero-order chi connectivity index (χ0) is 9.14. The monoisotopic (exact) mass is 203 g/mol. The fourth-order valence-corrected chi connectivity index (χ4v) is 0.662. The number of primary amides is 1. The first kappa shape index (κ1) is 11.3. The van der Waals surface area contributed by atoms with Crippen molar-refractivity contribution < 1.29 is 9.72 Å². The molecule has 6 nitrogen and oxygen atoms in total. The summed E-state index contributed by atoms with van der Waals surface area (Å²) >= 11 is 0. The van der Waals surface area contributed by atoms with Crippen molar-refractivity contribution in [3.63, 3.8) is 0 Å². The molecule has 0 aliphatic carbocycles. The van der Waals surface area contributed by atoms with Crippen molar-refractivity contribution in [2.75, 3.05) is 0 Å². The lowest BCUT2D eigenvalue weighted by atomic mass is 10.2. The van der Waals surface area contributed by atoms with Gasteiger partial charge in [0, 0.05) is 12.3 Å². The maximum absolute atomic E-state index is 10.5.